The predicted molar refractivity (Wildman–Crippen MR) is 121 cm³/mol. The second kappa shape index (κ2) is 10.8. The van der Waals surface area contributed by atoms with Crippen molar-refractivity contribution in [3.63, 3.8) is 0 Å². The van der Waals surface area contributed by atoms with E-state index in [2.05, 4.69) is 20.4 Å². The molecule has 2 heterocycles. The Morgan fingerprint density at radius 1 is 1.00 bits per heavy atom. The van der Waals surface area contributed by atoms with E-state index >= 15 is 0 Å². The van der Waals surface area contributed by atoms with E-state index in [9.17, 15) is 9.59 Å². The number of amides is 2. The first kappa shape index (κ1) is 21.9. The van der Waals surface area contributed by atoms with E-state index in [0.717, 1.165) is 60.8 Å². The third-order valence-corrected chi connectivity index (χ3v) is 8.70. The van der Waals surface area contributed by atoms with Gasteiger partial charge in [-0.05, 0) is 25.2 Å². The fourth-order valence-electron chi connectivity index (χ4n) is 4.79. The Hall–Kier alpha value is -1.35. The van der Waals surface area contributed by atoms with Gasteiger partial charge in [-0.1, -0.05) is 61.6 Å². The highest BCUT2D eigenvalue weighted by Crippen LogP contribution is 2.30. The molecule has 0 spiro atoms. The lowest BCUT2D eigenvalue weighted by atomic mass is 10.0. The van der Waals surface area contributed by atoms with Gasteiger partial charge in [-0.2, -0.15) is 0 Å². The largest absolute Gasteiger partial charge is 0.353 e. The lowest BCUT2D eigenvalue weighted by Gasteiger charge is -2.34. The zero-order valence-corrected chi connectivity index (χ0v) is 19.3. The van der Waals surface area contributed by atoms with Gasteiger partial charge in [0.05, 0.1) is 5.75 Å². The van der Waals surface area contributed by atoms with Crippen molar-refractivity contribution in [1.29, 1.82) is 0 Å². The van der Waals surface area contributed by atoms with E-state index < -0.39 is 0 Å². The molecular weight excluding hydrogens is 418 g/mol. The van der Waals surface area contributed by atoms with Gasteiger partial charge in [-0.3, -0.25) is 9.59 Å². The number of thioether (sulfide) groups is 1. The van der Waals surface area contributed by atoms with Gasteiger partial charge >= 0.3 is 0 Å². The van der Waals surface area contributed by atoms with Gasteiger partial charge in [-0.15, -0.1) is 10.2 Å². The fourth-order valence-corrected chi connectivity index (χ4v) is 6.49. The first-order chi connectivity index (χ1) is 14.7. The Balaban J connectivity index is 1.16. The molecule has 3 fully saturated rings. The van der Waals surface area contributed by atoms with Gasteiger partial charge in [0.2, 0.25) is 16.9 Å². The van der Waals surface area contributed by atoms with Crippen molar-refractivity contribution in [2.45, 2.75) is 74.6 Å². The van der Waals surface area contributed by atoms with Crippen LogP contribution in [0.1, 0.15) is 64.2 Å². The smallest absolute Gasteiger partial charge is 0.230 e. The van der Waals surface area contributed by atoms with Crippen molar-refractivity contribution >= 4 is 40.0 Å². The van der Waals surface area contributed by atoms with Crippen LogP contribution in [-0.4, -0.2) is 64.9 Å². The molecule has 1 N–H and O–H groups in total. The van der Waals surface area contributed by atoms with Crippen LogP contribution < -0.4 is 10.2 Å². The van der Waals surface area contributed by atoms with Crippen LogP contribution in [0.25, 0.3) is 0 Å². The van der Waals surface area contributed by atoms with E-state index in [1.54, 1.807) is 11.3 Å². The topological polar surface area (TPSA) is 78.4 Å². The molecule has 2 amide bonds. The number of nitrogens with zero attached hydrogens (tertiary/aromatic N) is 4. The number of hydrogen-bond donors (Lipinski definition) is 1. The molecule has 1 saturated heterocycles. The zero-order chi connectivity index (χ0) is 20.8. The summed E-state index contributed by atoms with van der Waals surface area (Å²) in [5.74, 6) is 1.57. The summed E-state index contributed by atoms with van der Waals surface area (Å²) in [6, 6.07) is 0.361. The summed E-state index contributed by atoms with van der Waals surface area (Å²) >= 11 is 3.01. The second-order valence-electron chi connectivity index (χ2n) is 8.75. The van der Waals surface area contributed by atoms with Crippen LogP contribution in [0.2, 0.25) is 0 Å². The molecule has 166 valence electrons. The maximum atomic E-state index is 12.5. The highest BCUT2D eigenvalue weighted by molar-refractivity contribution is 8.01. The van der Waals surface area contributed by atoms with Gasteiger partial charge in [0.1, 0.15) is 0 Å². The number of anilines is 1. The summed E-state index contributed by atoms with van der Waals surface area (Å²) in [4.78, 5) is 28.8. The predicted octanol–water partition coefficient (Wildman–Crippen LogP) is 3.31. The van der Waals surface area contributed by atoms with Gasteiger partial charge in [-0.25, -0.2) is 0 Å². The minimum atomic E-state index is 0.0911. The number of aromatic nitrogens is 2. The van der Waals surface area contributed by atoms with E-state index in [-0.39, 0.29) is 5.91 Å². The number of piperazine rings is 1. The summed E-state index contributed by atoms with van der Waals surface area (Å²) in [7, 11) is 0. The van der Waals surface area contributed by atoms with Crippen molar-refractivity contribution < 1.29 is 9.59 Å². The number of rotatable bonds is 8. The summed E-state index contributed by atoms with van der Waals surface area (Å²) < 4.78 is 0.835. The summed E-state index contributed by atoms with van der Waals surface area (Å²) in [5.41, 5.74) is 0. The average Bonchev–Trinajstić information content (AvgIpc) is 3.54. The molecule has 1 aliphatic heterocycles. The van der Waals surface area contributed by atoms with Crippen LogP contribution >= 0.6 is 23.1 Å². The quantitative estimate of drug-likeness (QED) is 0.611. The Labute approximate surface area is 187 Å². The van der Waals surface area contributed by atoms with E-state index in [1.165, 1.54) is 50.3 Å². The SMILES string of the molecule is O=C(CSc1nnc(N2CCN(C(=O)CCC3CCCC3)CC2)s1)NC1CCCC1. The first-order valence-electron chi connectivity index (χ1n) is 11.5. The lowest BCUT2D eigenvalue weighted by Crippen LogP contribution is -2.48. The molecule has 1 aromatic heterocycles. The molecule has 30 heavy (non-hydrogen) atoms. The monoisotopic (exact) mass is 451 g/mol. The molecule has 0 aromatic carbocycles. The molecule has 0 atom stereocenters. The van der Waals surface area contributed by atoms with Gasteiger partial charge < -0.3 is 15.1 Å². The molecule has 4 rings (SSSR count). The standard InChI is InChI=1S/C21H33N5O2S2/c27-18(22-17-7-3-4-8-17)15-29-21-24-23-20(30-21)26-13-11-25(12-14-26)19(28)10-9-16-5-1-2-6-16/h16-17H,1-15H2,(H,22,27). The molecule has 9 heteroatoms. The first-order valence-corrected chi connectivity index (χ1v) is 13.3. The summed E-state index contributed by atoms with van der Waals surface area (Å²) in [6.07, 6.45) is 11.7. The number of carbonyl (C=O) groups excluding carboxylic acids is 2. The van der Waals surface area contributed by atoms with Gasteiger partial charge in [0.15, 0.2) is 4.34 Å². The van der Waals surface area contributed by atoms with E-state index in [0.29, 0.717) is 24.1 Å². The number of carbonyl (C=O) groups is 2. The third kappa shape index (κ3) is 6.09. The Bertz CT molecular complexity index is 708. The number of hydrogen-bond acceptors (Lipinski definition) is 7. The average molecular weight is 452 g/mol. The maximum Gasteiger partial charge on any atom is 0.230 e. The minimum Gasteiger partial charge on any atom is -0.353 e. The van der Waals surface area contributed by atoms with Crippen molar-refractivity contribution in [3.8, 4) is 0 Å². The van der Waals surface area contributed by atoms with Crippen LogP contribution in [0.15, 0.2) is 4.34 Å². The molecule has 3 aliphatic rings. The molecule has 2 aliphatic carbocycles. The zero-order valence-electron chi connectivity index (χ0n) is 17.7. The van der Waals surface area contributed by atoms with Crippen molar-refractivity contribution in [1.82, 2.24) is 20.4 Å². The maximum absolute atomic E-state index is 12.5. The van der Waals surface area contributed by atoms with Crippen molar-refractivity contribution in [2.24, 2.45) is 5.92 Å². The molecule has 0 radical (unpaired) electrons. The van der Waals surface area contributed by atoms with Gasteiger partial charge in [0.25, 0.3) is 0 Å². The van der Waals surface area contributed by atoms with Crippen LogP contribution in [0.5, 0.6) is 0 Å². The van der Waals surface area contributed by atoms with Crippen LogP contribution in [0.3, 0.4) is 0 Å². The minimum absolute atomic E-state index is 0.0911. The molecule has 0 bridgehead atoms. The second-order valence-corrected chi connectivity index (χ2v) is 10.9. The van der Waals surface area contributed by atoms with E-state index in [4.69, 9.17) is 0 Å². The number of nitrogens with one attached hydrogen (secondary N) is 1. The lowest BCUT2D eigenvalue weighted by molar-refractivity contribution is -0.131. The molecular formula is C21H33N5O2S2. The molecule has 1 aromatic rings. The van der Waals surface area contributed by atoms with Gasteiger partial charge in [0, 0.05) is 38.6 Å². The van der Waals surface area contributed by atoms with Crippen LogP contribution in [0.4, 0.5) is 5.13 Å². The molecule has 7 nitrogen and oxygen atoms in total. The van der Waals surface area contributed by atoms with Crippen molar-refractivity contribution in [3.05, 3.63) is 0 Å². The summed E-state index contributed by atoms with van der Waals surface area (Å²) in [6.45, 7) is 3.12. The Morgan fingerprint density at radius 3 is 2.43 bits per heavy atom. The Morgan fingerprint density at radius 2 is 1.70 bits per heavy atom. The highest BCUT2D eigenvalue weighted by atomic mass is 32.2. The normalized spacial score (nSPS) is 20.8. The van der Waals surface area contributed by atoms with Crippen molar-refractivity contribution in [2.75, 3.05) is 36.8 Å². The summed E-state index contributed by atoms with van der Waals surface area (Å²) in [5, 5.41) is 12.6. The van der Waals surface area contributed by atoms with E-state index in [1.807, 2.05) is 4.90 Å². The highest BCUT2D eigenvalue weighted by Gasteiger charge is 2.25. The fraction of sp³-hybridized carbons (Fsp3) is 0.810. The Kier molecular flexibility index (Phi) is 7.87. The molecule has 2 saturated carbocycles. The van der Waals surface area contributed by atoms with Crippen LogP contribution in [-0.2, 0) is 9.59 Å². The molecule has 0 unspecified atom stereocenters. The third-order valence-electron chi connectivity index (χ3n) is 6.59. The van der Waals surface area contributed by atoms with Crippen LogP contribution in [0, 0.1) is 5.92 Å².